The number of rotatable bonds is 2. The van der Waals surface area contributed by atoms with E-state index in [0.717, 1.165) is 0 Å². The zero-order valence-electron chi connectivity index (χ0n) is 12.0. The fourth-order valence-corrected chi connectivity index (χ4v) is 3.45. The van der Waals surface area contributed by atoms with Gasteiger partial charge in [-0.25, -0.2) is 4.57 Å². The topological polar surface area (TPSA) is 3.88 Å². The van der Waals surface area contributed by atoms with Crippen molar-refractivity contribution in [1.82, 2.24) is 0 Å². The molecule has 94 valence electrons. The number of hydrogen-bond acceptors (Lipinski definition) is 0. The number of aromatic nitrogens is 1. The summed E-state index contributed by atoms with van der Waals surface area (Å²) in [7, 11) is 0.889. The minimum absolute atomic E-state index is 1.21. The standard InChI is InChI=1S/C16H22NSi/c1-13-12-14(18(3,4)5)9-10-15(13)16-8-6-7-11-17(16)2/h6-12H,1-5H3/q+1. The Morgan fingerprint density at radius 1 is 1.00 bits per heavy atom. The van der Waals surface area contributed by atoms with Crippen molar-refractivity contribution in [3.05, 3.63) is 48.2 Å². The van der Waals surface area contributed by atoms with Crippen LogP contribution in [0.25, 0.3) is 11.3 Å². The lowest BCUT2D eigenvalue weighted by atomic mass is 10.1. The van der Waals surface area contributed by atoms with Crippen LogP contribution in [0.15, 0.2) is 42.6 Å². The average molecular weight is 256 g/mol. The molecule has 2 aromatic rings. The number of aryl methyl sites for hydroxylation is 2. The van der Waals surface area contributed by atoms with Crippen LogP contribution in [0, 0.1) is 6.92 Å². The lowest BCUT2D eigenvalue weighted by molar-refractivity contribution is -0.660. The molecule has 0 saturated carbocycles. The van der Waals surface area contributed by atoms with Crippen molar-refractivity contribution in [3.63, 3.8) is 0 Å². The normalized spacial score (nSPS) is 11.6. The van der Waals surface area contributed by atoms with E-state index in [4.69, 9.17) is 0 Å². The minimum atomic E-state index is -1.21. The maximum atomic E-state index is 2.39. The van der Waals surface area contributed by atoms with E-state index in [0.29, 0.717) is 0 Å². The van der Waals surface area contributed by atoms with Crippen LogP contribution in [0.5, 0.6) is 0 Å². The Hall–Kier alpha value is -1.41. The molecule has 0 amide bonds. The second-order valence-electron chi connectivity index (χ2n) is 5.98. The second-order valence-corrected chi connectivity index (χ2v) is 11.1. The highest BCUT2D eigenvalue weighted by Gasteiger charge is 2.18. The molecule has 1 nitrogen and oxygen atoms in total. The third kappa shape index (κ3) is 2.54. The Kier molecular flexibility index (Phi) is 3.40. The summed E-state index contributed by atoms with van der Waals surface area (Å²) in [5.41, 5.74) is 3.98. The van der Waals surface area contributed by atoms with Gasteiger partial charge in [-0.3, -0.25) is 0 Å². The molecular formula is C16H22NSi+. The summed E-state index contributed by atoms with van der Waals surface area (Å²) in [5, 5.41) is 1.53. The fraction of sp³-hybridized carbons (Fsp3) is 0.312. The van der Waals surface area contributed by atoms with E-state index in [1.807, 2.05) is 0 Å². The molecule has 2 rings (SSSR count). The van der Waals surface area contributed by atoms with Crippen LogP contribution in [-0.2, 0) is 7.05 Å². The van der Waals surface area contributed by atoms with Crippen LogP contribution >= 0.6 is 0 Å². The maximum absolute atomic E-state index is 2.39. The molecule has 0 N–H and O–H groups in total. The van der Waals surface area contributed by atoms with Crippen LogP contribution in [-0.4, -0.2) is 8.07 Å². The lowest BCUT2D eigenvalue weighted by Crippen LogP contribution is -2.38. The molecule has 0 aliphatic rings. The Labute approximate surface area is 111 Å². The molecule has 0 spiro atoms. The van der Waals surface area contributed by atoms with Crippen molar-refractivity contribution in [3.8, 4) is 11.3 Å². The molecule has 0 aliphatic carbocycles. The van der Waals surface area contributed by atoms with Gasteiger partial charge in [-0.15, -0.1) is 0 Å². The van der Waals surface area contributed by atoms with Crippen LogP contribution in [0.4, 0.5) is 0 Å². The molecule has 18 heavy (non-hydrogen) atoms. The second kappa shape index (κ2) is 4.69. The van der Waals surface area contributed by atoms with Crippen molar-refractivity contribution in [1.29, 1.82) is 0 Å². The fourth-order valence-electron chi connectivity index (χ4n) is 2.22. The van der Waals surface area contributed by atoms with E-state index in [1.54, 1.807) is 0 Å². The van der Waals surface area contributed by atoms with Gasteiger partial charge in [0.2, 0.25) is 5.69 Å². The summed E-state index contributed by atoms with van der Waals surface area (Å²) in [5.74, 6) is 0. The summed E-state index contributed by atoms with van der Waals surface area (Å²) in [6, 6.07) is 13.3. The van der Waals surface area contributed by atoms with Crippen molar-refractivity contribution >= 4 is 13.3 Å². The number of pyridine rings is 1. The minimum Gasteiger partial charge on any atom is -0.201 e. The largest absolute Gasteiger partial charge is 0.212 e. The van der Waals surface area contributed by atoms with E-state index >= 15 is 0 Å². The average Bonchev–Trinajstić information content (AvgIpc) is 2.29. The summed E-state index contributed by atoms with van der Waals surface area (Å²) >= 11 is 0. The first-order valence-corrected chi connectivity index (χ1v) is 9.96. The number of nitrogens with zero attached hydrogens (tertiary/aromatic N) is 1. The number of benzene rings is 1. The van der Waals surface area contributed by atoms with Gasteiger partial charge in [0.05, 0.1) is 8.07 Å². The van der Waals surface area contributed by atoms with Crippen molar-refractivity contribution in [2.75, 3.05) is 0 Å². The molecular weight excluding hydrogens is 234 g/mol. The molecule has 0 fully saturated rings. The van der Waals surface area contributed by atoms with Gasteiger partial charge in [-0.05, 0) is 24.6 Å². The Balaban J connectivity index is 2.52. The zero-order valence-corrected chi connectivity index (χ0v) is 13.0. The van der Waals surface area contributed by atoms with Gasteiger partial charge in [0, 0.05) is 17.7 Å². The van der Waals surface area contributed by atoms with Crippen molar-refractivity contribution in [2.45, 2.75) is 26.6 Å². The van der Waals surface area contributed by atoms with Crippen molar-refractivity contribution in [2.24, 2.45) is 7.05 Å². The molecule has 0 bridgehead atoms. The van der Waals surface area contributed by atoms with Crippen LogP contribution < -0.4 is 9.75 Å². The Morgan fingerprint density at radius 2 is 1.72 bits per heavy atom. The quantitative estimate of drug-likeness (QED) is 0.574. The van der Waals surface area contributed by atoms with E-state index in [9.17, 15) is 0 Å². The number of hydrogen-bond donors (Lipinski definition) is 0. The Bertz CT molecular complexity index is 568. The van der Waals surface area contributed by atoms with E-state index < -0.39 is 8.07 Å². The smallest absolute Gasteiger partial charge is 0.201 e. The van der Waals surface area contributed by atoms with E-state index in [1.165, 1.54) is 22.0 Å². The third-order valence-corrected chi connectivity index (χ3v) is 5.47. The lowest BCUT2D eigenvalue weighted by Gasteiger charge is -2.18. The van der Waals surface area contributed by atoms with Crippen molar-refractivity contribution < 1.29 is 4.57 Å². The zero-order chi connectivity index (χ0) is 13.3. The first kappa shape index (κ1) is 13.0. The Morgan fingerprint density at radius 3 is 2.28 bits per heavy atom. The van der Waals surface area contributed by atoms with Gasteiger partial charge < -0.3 is 0 Å². The van der Waals surface area contributed by atoms with Gasteiger partial charge in [-0.2, -0.15) is 0 Å². The molecule has 1 heterocycles. The van der Waals surface area contributed by atoms with Gasteiger partial charge in [0.25, 0.3) is 0 Å². The molecule has 0 atom stereocenters. The molecule has 0 aliphatic heterocycles. The first-order chi connectivity index (χ1) is 8.39. The predicted octanol–water partition coefficient (Wildman–Crippen LogP) is 3.03. The molecule has 0 unspecified atom stereocenters. The monoisotopic (exact) mass is 256 g/mol. The van der Waals surface area contributed by atoms with E-state index in [2.05, 4.69) is 80.8 Å². The molecule has 1 aromatic heterocycles. The van der Waals surface area contributed by atoms with Crippen LogP contribution in [0.3, 0.4) is 0 Å². The highest BCUT2D eigenvalue weighted by atomic mass is 28.3. The summed E-state index contributed by atoms with van der Waals surface area (Å²) in [4.78, 5) is 0. The highest BCUT2D eigenvalue weighted by molar-refractivity contribution is 6.88. The van der Waals surface area contributed by atoms with Gasteiger partial charge >= 0.3 is 0 Å². The predicted molar refractivity (Wildman–Crippen MR) is 80.8 cm³/mol. The first-order valence-electron chi connectivity index (χ1n) is 6.46. The SMILES string of the molecule is Cc1cc([Si](C)(C)C)ccc1-c1cccc[n+]1C. The van der Waals surface area contributed by atoms with Gasteiger partial charge in [0.1, 0.15) is 7.05 Å². The summed E-state index contributed by atoms with van der Waals surface area (Å²) in [6.07, 6.45) is 2.10. The molecule has 0 radical (unpaired) electrons. The molecule has 1 aromatic carbocycles. The summed E-state index contributed by atoms with van der Waals surface area (Å²) in [6.45, 7) is 9.39. The summed E-state index contributed by atoms with van der Waals surface area (Å²) < 4.78 is 2.18. The van der Waals surface area contributed by atoms with Gasteiger partial charge in [0.15, 0.2) is 6.20 Å². The molecule has 2 heteroatoms. The third-order valence-electron chi connectivity index (χ3n) is 3.42. The van der Waals surface area contributed by atoms with Gasteiger partial charge in [-0.1, -0.05) is 37.0 Å². The van der Waals surface area contributed by atoms with Crippen LogP contribution in [0.1, 0.15) is 5.56 Å². The highest BCUT2D eigenvalue weighted by Crippen LogP contribution is 2.19. The van der Waals surface area contributed by atoms with E-state index in [-0.39, 0.29) is 0 Å². The maximum Gasteiger partial charge on any atom is 0.212 e. The molecule has 0 saturated heterocycles. The van der Waals surface area contributed by atoms with Crippen LogP contribution in [0.2, 0.25) is 19.6 Å².